The molecule has 0 bridgehead atoms. The van der Waals surface area contributed by atoms with Crippen LogP contribution in [0.15, 0.2) is 41.0 Å². The lowest BCUT2D eigenvalue weighted by atomic mass is 10.3. The number of carbonyl (C=O) groups is 1. The monoisotopic (exact) mass is 383 g/mol. The highest BCUT2D eigenvalue weighted by atomic mass is 35.5. The summed E-state index contributed by atoms with van der Waals surface area (Å²) in [5, 5.41) is 0.552. The molecule has 2 heterocycles. The SMILES string of the molecule is CN(C)CCCN(C(=O)c1ccco1)c1nc2ccc(F)cc2s1.Cl. The average Bonchev–Trinajstić information content (AvgIpc) is 3.19. The van der Waals surface area contributed by atoms with Crippen molar-refractivity contribution in [3.63, 3.8) is 0 Å². The number of rotatable bonds is 6. The van der Waals surface area contributed by atoms with Crippen LogP contribution in [0.25, 0.3) is 10.2 Å². The molecule has 0 spiro atoms. The molecule has 0 saturated carbocycles. The summed E-state index contributed by atoms with van der Waals surface area (Å²) in [6, 6.07) is 7.75. The van der Waals surface area contributed by atoms with E-state index in [2.05, 4.69) is 9.88 Å². The minimum Gasteiger partial charge on any atom is -0.459 e. The fourth-order valence-electron chi connectivity index (χ4n) is 2.36. The lowest BCUT2D eigenvalue weighted by molar-refractivity contribution is 0.0959. The number of furan rings is 1. The molecule has 0 N–H and O–H groups in total. The van der Waals surface area contributed by atoms with E-state index in [9.17, 15) is 9.18 Å². The summed E-state index contributed by atoms with van der Waals surface area (Å²) >= 11 is 1.30. The van der Waals surface area contributed by atoms with Gasteiger partial charge in [0.1, 0.15) is 5.82 Å². The summed E-state index contributed by atoms with van der Waals surface area (Å²) in [7, 11) is 3.97. The van der Waals surface area contributed by atoms with Crippen molar-refractivity contribution in [2.24, 2.45) is 0 Å². The van der Waals surface area contributed by atoms with E-state index in [1.54, 1.807) is 23.1 Å². The first-order valence-electron chi connectivity index (χ1n) is 7.61. The Morgan fingerprint density at radius 2 is 2.08 bits per heavy atom. The standard InChI is InChI=1S/C17H18FN3O2S.ClH/c1-20(2)8-4-9-21(16(22)14-5-3-10-23-14)17-19-13-7-6-12(18)11-15(13)24-17;/h3,5-7,10-11H,4,8-9H2,1-2H3;1H. The third-order valence-electron chi connectivity index (χ3n) is 3.53. The lowest BCUT2D eigenvalue weighted by Gasteiger charge is -2.19. The Hall–Kier alpha value is -1.96. The highest BCUT2D eigenvalue weighted by molar-refractivity contribution is 7.22. The van der Waals surface area contributed by atoms with Crippen LogP contribution in [0.5, 0.6) is 0 Å². The van der Waals surface area contributed by atoms with Crippen molar-refractivity contribution < 1.29 is 13.6 Å². The van der Waals surface area contributed by atoms with Gasteiger partial charge in [-0.2, -0.15) is 0 Å². The molecule has 3 aromatic rings. The van der Waals surface area contributed by atoms with Gasteiger partial charge in [-0.25, -0.2) is 9.37 Å². The molecule has 0 aliphatic heterocycles. The minimum absolute atomic E-state index is 0. The molecule has 0 fully saturated rings. The lowest BCUT2D eigenvalue weighted by Crippen LogP contribution is -2.33. The van der Waals surface area contributed by atoms with E-state index in [1.807, 2.05) is 14.1 Å². The number of thiazole rings is 1. The van der Waals surface area contributed by atoms with Crippen LogP contribution in [-0.4, -0.2) is 43.0 Å². The molecule has 0 aliphatic carbocycles. The van der Waals surface area contributed by atoms with Gasteiger partial charge in [-0.05, 0) is 57.4 Å². The van der Waals surface area contributed by atoms with Crippen LogP contribution < -0.4 is 4.90 Å². The fourth-order valence-corrected chi connectivity index (χ4v) is 3.38. The van der Waals surface area contributed by atoms with Crippen molar-refractivity contribution in [1.82, 2.24) is 9.88 Å². The Kier molecular flexibility index (Phi) is 6.52. The molecule has 25 heavy (non-hydrogen) atoms. The third kappa shape index (κ3) is 4.56. The molecule has 134 valence electrons. The van der Waals surface area contributed by atoms with Crippen molar-refractivity contribution in [2.75, 3.05) is 32.1 Å². The van der Waals surface area contributed by atoms with E-state index in [1.165, 1.54) is 29.7 Å². The number of aromatic nitrogens is 1. The van der Waals surface area contributed by atoms with Crippen LogP contribution in [0.4, 0.5) is 9.52 Å². The molecule has 2 aromatic heterocycles. The van der Waals surface area contributed by atoms with Crippen molar-refractivity contribution in [3.05, 3.63) is 48.2 Å². The van der Waals surface area contributed by atoms with Crippen LogP contribution in [0, 0.1) is 5.82 Å². The normalized spacial score (nSPS) is 10.9. The topological polar surface area (TPSA) is 49.6 Å². The van der Waals surface area contributed by atoms with Gasteiger partial charge < -0.3 is 9.32 Å². The molecule has 0 radical (unpaired) electrons. The molecule has 8 heteroatoms. The number of halogens is 2. The van der Waals surface area contributed by atoms with E-state index in [-0.39, 0.29) is 29.9 Å². The van der Waals surface area contributed by atoms with E-state index in [0.717, 1.165) is 17.7 Å². The zero-order valence-corrected chi connectivity index (χ0v) is 15.6. The first-order valence-corrected chi connectivity index (χ1v) is 8.42. The third-order valence-corrected chi connectivity index (χ3v) is 4.58. The van der Waals surface area contributed by atoms with Crippen LogP contribution in [-0.2, 0) is 0 Å². The fraction of sp³-hybridized carbons (Fsp3) is 0.294. The van der Waals surface area contributed by atoms with Gasteiger partial charge in [0.25, 0.3) is 5.91 Å². The first kappa shape index (κ1) is 19.4. The van der Waals surface area contributed by atoms with Gasteiger partial charge in [-0.1, -0.05) is 11.3 Å². The van der Waals surface area contributed by atoms with Crippen molar-refractivity contribution in [2.45, 2.75) is 6.42 Å². The second-order valence-corrected chi connectivity index (χ2v) is 6.71. The second kappa shape index (κ2) is 8.42. The number of anilines is 1. The molecule has 1 amide bonds. The molecule has 0 atom stereocenters. The molecular weight excluding hydrogens is 365 g/mol. The average molecular weight is 384 g/mol. The molecule has 0 aliphatic rings. The van der Waals surface area contributed by atoms with E-state index >= 15 is 0 Å². The van der Waals surface area contributed by atoms with E-state index in [4.69, 9.17) is 4.42 Å². The highest BCUT2D eigenvalue weighted by Gasteiger charge is 2.23. The first-order chi connectivity index (χ1) is 11.5. The number of hydrogen-bond acceptors (Lipinski definition) is 5. The summed E-state index contributed by atoms with van der Waals surface area (Å²) in [5.41, 5.74) is 0.682. The van der Waals surface area contributed by atoms with Crippen molar-refractivity contribution in [3.8, 4) is 0 Å². The Bertz CT molecular complexity index is 836. The zero-order chi connectivity index (χ0) is 17.1. The molecular formula is C17H19ClFN3O2S. The van der Waals surface area contributed by atoms with Gasteiger partial charge in [-0.15, -0.1) is 12.4 Å². The van der Waals surface area contributed by atoms with Gasteiger partial charge in [0.05, 0.1) is 16.5 Å². The number of amides is 1. The maximum Gasteiger partial charge on any atom is 0.295 e. The largest absolute Gasteiger partial charge is 0.459 e. The Morgan fingerprint density at radius 3 is 2.76 bits per heavy atom. The predicted octanol–water partition coefficient (Wildman–Crippen LogP) is 4.05. The van der Waals surface area contributed by atoms with Crippen molar-refractivity contribution >= 4 is 45.0 Å². The van der Waals surface area contributed by atoms with E-state index < -0.39 is 0 Å². The maximum atomic E-state index is 13.4. The van der Waals surface area contributed by atoms with Gasteiger partial charge in [0.15, 0.2) is 10.9 Å². The van der Waals surface area contributed by atoms with Crippen LogP contribution >= 0.6 is 23.7 Å². The highest BCUT2D eigenvalue weighted by Crippen LogP contribution is 2.30. The number of carbonyl (C=O) groups excluding carboxylic acids is 1. The Balaban J connectivity index is 0.00000225. The van der Waals surface area contributed by atoms with Crippen molar-refractivity contribution in [1.29, 1.82) is 0 Å². The maximum absolute atomic E-state index is 13.4. The van der Waals surface area contributed by atoms with E-state index in [0.29, 0.717) is 17.2 Å². The molecule has 0 saturated heterocycles. The summed E-state index contributed by atoms with van der Waals surface area (Å²) in [6.07, 6.45) is 2.27. The number of nitrogens with zero attached hydrogens (tertiary/aromatic N) is 3. The van der Waals surface area contributed by atoms with Gasteiger partial charge >= 0.3 is 0 Å². The summed E-state index contributed by atoms with van der Waals surface area (Å²) in [6.45, 7) is 1.36. The van der Waals surface area contributed by atoms with Crippen LogP contribution in [0.1, 0.15) is 17.0 Å². The number of fused-ring (bicyclic) bond motifs is 1. The molecule has 1 aromatic carbocycles. The Morgan fingerprint density at radius 1 is 1.28 bits per heavy atom. The number of hydrogen-bond donors (Lipinski definition) is 0. The molecule has 0 unspecified atom stereocenters. The van der Waals surface area contributed by atoms with Gasteiger partial charge in [0, 0.05) is 6.54 Å². The predicted molar refractivity (Wildman–Crippen MR) is 100 cm³/mol. The molecule has 3 rings (SSSR count). The van der Waals surface area contributed by atoms with Crippen LogP contribution in [0.2, 0.25) is 0 Å². The quantitative estimate of drug-likeness (QED) is 0.644. The van der Waals surface area contributed by atoms with Crippen LogP contribution in [0.3, 0.4) is 0 Å². The second-order valence-electron chi connectivity index (χ2n) is 5.70. The smallest absolute Gasteiger partial charge is 0.295 e. The minimum atomic E-state index is -0.311. The summed E-state index contributed by atoms with van der Waals surface area (Å²) < 4.78 is 19.3. The number of benzene rings is 1. The summed E-state index contributed by atoms with van der Waals surface area (Å²) in [5.74, 6) is -0.280. The Labute approximate surface area is 155 Å². The van der Waals surface area contributed by atoms with Gasteiger partial charge in [-0.3, -0.25) is 9.69 Å². The molecule has 5 nitrogen and oxygen atoms in total. The summed E-state index contributed by atoms with van der Waals surface area (Å²) in [4.78, 5) is 20.9. The zero-order valence-electron chi connectivity index (χ0n) is 13.9. The van der Waals surface area contributed by atoms with Gasteiger partial charge in [0.2, 0.25) is 0 Å².